The largest absolute Gasteiger partial charge is 0.247 e. The van der Waals surface area contributed by atoms with Crippen LogP contribution in [0, 0.1) is 0 Å². The molecular formula is C12H12N2O2S3. The first-order chi connectivity index (χ1) is 9.05. The number of rotatable bonds is 3. The second-order valence-corrected chi connectivity index (χ2v) is 8.06. The molecule has 0 saturated heterocycles. The number of hydrogen-bond donors (Lipinski definition) is 0. The van der Waals surface area contributed by atoms with E-state index < -0.39 is 10.0 Å². The normalized spacial score (nSPS) is 19.7. The minimum atomic E-state index is -3.34. The summed E-state index contributed by atoms with van der Waals surface area (Å²) in [5, 5.41) is 8.25. The van der Waals surface area contributed by atoms with Gasteiger partial charge in [0.2, 0.25) is 10.0 Å². The van der Waals surface area contributed by atoms with Crippen molar-refractivity contribution in [1.82, 2.24) is 4.41 Å². The van der Waals surface area contributed by atoms with Crippen molar-refractivity contribution in [1.29, 1.82) is 0 Å². The van der Waals surface area contributed by atoms with E-state index in [1.54, 1.807) is 22.7 Å². The topological polar surface area (TPSA) is 49.7 Å². The third-order valence-electron chi connectivity index (χ3n) is 2.89. The minimum Gasteiger partial charge on any atom is -0.205 e. The van der Waals surface area contributed by atoms with Crippen LogP contribution < -0.4 is 0 Å². The third kappa shape index (κ3) is 2.45. The summed E-state index contributed by atoms with van der Waals surface area (Å²) >= 11 is 3.15. The standard InChI is InChI=1S/C12H12N2O2S3/c1-19(15,16)14-10(12-5-3-7-18-12)8-9(13-14)11-4-2-6-17-11/h2-7,10H,8H2,1H3/t10-/m1/s1. The first-order valence-corrected chi connectivity index (χ1v) is 9.30. The van der Waals surface area contributed by atoms with Gasteiger partial charge in [0.25, 0.3) is 0 Å². The van der Waals surface area contributed by atoms with Gasteiger partial charge >= 0.3 is 0 Å². The summed E-state index contributed by atoms with van der Waals surface area (Å²) in [7, 11) is -3.34. The van der Waals surface area contributed by atoms with Crippen molar-refractivity contribution in [2.75, 3.05) is 6.26 Å². The van der Waals surface area contributed by atoms with Gasteiger partial charge in [0.1, 0.15) is 6.04 Å². The number of hydrazone groups is 1. The van der Waals surface area contributed by atoms with Gasteiger partial charge < -0.3 is 0 Å². The summed E-state index contributed by atoms with van der Waals surface area (Å²) in [6.07, 6.45) is 1.84. The van der Waals surface area contributed by atoms with Crippen LogP contribution in [0.25, 0.3) is 0 Å². The maximum absolute atomic E-state index is 11.9. The van der Waals surface area contributed by atoms with Crippen LogP contribution in [0.2, 0.25) is 0 Å². The van der Waals surface area contributed by atoms with Crippen LogP contribution in [0.15, 0.2) is 40.1 Å². The van der Waals surface area contributed by atoms with Crippen LogP contribution in [-0.2, 0) is 10.0 Å². The van der Waals surface area contributed by atoms with Gasteiger partial charge in [-0.3, -0.25) is 0 Å². The van der Waals surface area contributed by atoms with Crippen molar-refractivity contribution in [3.8, 4) is 0 Å². The van der Waals surface area contributed by atoms with E-state index in [1.807, 2.05) is 35.0 Å². The SMILES string of the molecule is CS(=O)(=O)N1N=C(c2cccs2)C[C@@H]1c1cccs1. The zero-order chi connectivity index (χ0) is 13.5. The summed E-state index contributed by atoms with van der Waals surface area (Å²) in [4.78, 5) is 2.06. The van der Waals surface area contributed by atoms with Gasteiger partial charge in [-0.1, -0.05) is 12.1 Å². The van der Waals surface area contributed by atoms with E-state index in [-0.39, 0.29) is 6.04 Å². The molecule has 3 rings (SSSR count). The molecule has 0 N–H and O–H groups in total. The molecule has 0 bridgehead atoms. The molecule has 0 spiro atoms. The van der Waals surface area contributed by atoms with Crippen LogP contribution in [0.3, 0.4) is 0 Å². The van der Waals surface area contributed by atoms with Crippen molar-refractivity contribution in [2.24, 2.45) is 5.10 Å². The molecule has 4 nitrogen and oxygen atoms in total. The predicted molar refractivity (Wildman–Crippen MR) is 79.2 cm³/mol. The van der Waals surface area contributed by atoms with Crippen molar-refractivity contribution >= 4 is 38.4 Å². The van der Waals surface area contributed by atoms with Crippen LogP contribution >= 0.6 is 22.7 Å². The summed E-state index contributed by atoms with van der Waals surface area (Å²) in [6.45, 7) is 0. The summed E-state index contributed by atoms with van der Waals surface area (Å²) in [5.41, 5.74) is 0.846. The lowest BCUT2D eigenvalue weighted by Crippen LogP contribution is -2.25. The summed E-state index contributed by atoms with van der Waals surface area (Å²) < 4.78 is 25.0. The molecule has 1 aliphatic rings. The van der Waals surface area contributed by atoms with E-state index in [0.29, 0.717) is 6.42 Å². The fraction of sp³-hybridized carbons (Fsp3) is 0.250. The molecular weight excluding hydrogens is 300 g/mol. The average Bonchev–Trinajstić information content (AvgIpc) is 3.09. The molecule has 1 aliphatic heterocycles. The lowest BCUT2D eigenvalue weighted by molar-refractivity contribution is 0.379. The molecule has 1 atom stereocenters. The molecule has 0 aliphatic carbocycles. The monoisotopic (exact) mass is 312 g/mol. The maximum Gasteiger partial charge on any atom is 0.247 e. The second-order valence-electron chi connectivity index (χ2n) is 4.29. The van der Waals surface area contributed by atoms with Crippen LogP contribution in [0.4, 0.5) is 0 Å². The Hall–Kier alpha value is -1.18. The predicted octanol–water partition coefficient (Wildman–Crippen LogP) is 2.92. The van der Waals surface area contributed by atoms with E-state index in [4.69, 9.17) is 0 Å². The van der Waals surface area contributed by atoms with Crippen molar-refractivity contribution in [3.05, 3.63) is 44.8 Å². The average molecular weight is 312 g/mol. The Morgan fingerprint density at radius 3 is 2.58 bits per heavy atom. The number of hydrogen-bond acceptors (Lipinski definition) is 5. The molecule has 3 heterocycles. The molecule has 7 heteroatoms. The van der Waals surface area contributed by atoms with Gasteiger partial charge in [-0.15, -0.1) is 22.7 Å². The summed E-state index contributed by atoms with van der Waals surface area (Å²) in [6, 6.07) is 7.61. The summed E-state index contributed by atoms with van der Waals surface area (Å²) in [5.74, 6) is 0. The highest BCUT2D eigenvalue weighted by molar-refractivity contribution is 7.88. The molecule has 100 valence electrons. The molecule has 0 aromatic carbocycles. The maximum atomic E-state index is 11.9. The van der Waals surface area contributed by atoms with Crippen molar-refractivity contribution < 1.29 is 8.42 Å². The zero-order valence-corrected chi connectivity index (χ0v) is 12.6. The Bertz CT molecular complexity index is 687. The Morgan fingerprint density at radius 1 is 1.26 bits per heavy atom. The Balaban J connectivity index is 2.00. The van der Waals surface area contributed by atoms with Crippen LogP contribution in [0.1, 0.15) is 22.2 Å². The minimum absolute atomic E-state index is 0.202. The smallest absolute Gasteiger partial charge is 0.205 e. The Labute approximate surface area is 120 Å². The lowest BCUT2D eigenvalue weighted by atomic mass is 10.1. The van der Waals surface area contributed by atoms with E-state index in [2.05, 4.69) is 5.10 Å². The van der Waals surface area contributed by atoms with Gasteiger partial charge in [0.05, 0.1) is 16.8 Å². The van der Waals surface area contributed by atoms with Gasteiger partial charge in [-0.05, 0) is 22.9 Å². The molecule has 0 radical (unpaired) electrons. The van der Waals surface area contributed by atoms with Gasteiger partial charge in [-0.25, -0.2) is 8.42 Å². The Kier molecular flexibility index (Phi) is 3.20. The van der Waals surface area contributed by atoms with Crippen molar-refractivity contribution in [2.45, 2.75) is 12.5 Å². The second kappa shape index (κ2) is 4.73. The highest BCUT2D eigenvalue weighted by Crippen LogP contribution is 2.37. The van der Waals surface area contributed by atoms with Gasteiger partial charge in [0, 0.05) is 11.3 Å². The fourth-order valence-corrected chi connectivity index (χ4v) is 4.58. The van der Waals surface area contributed by atoms with E-state index in [9.17, 15) is 8.42 Å². The first kappa shape index (κ1) is 12.8. The third-order valence-corrected chi connectivity index (χ3v) is 5.80. The molecule has 0 saturated carbocycles. The van der Waals surface area contributed by atoms with Gasteiger partial charge in [0.15, 0.2) is 0 Å². The van der Waals surface area contributed by atoms with E-state index >= 15 is 0 Å². The highest BCUT2D eigenvalue weighted by Gasteiger charge is 2.35. The van der Waals surface area contributed by atoms with Crippen LogP contribution in [0.5, 0.6) is 0 Å². The highest BCUT2D eigenvalue weighted by atomic mass is 32.2. The zero-order valence-electron chi connectivity index (χ0n) is 10.2. The van der Waals surface area contributed by atoms with Crippen LogP contribution in [-0.4, -0.2) is 24.8 Å². The molecule has 0 amide bonds. The number of sulfonamides is 1. The quantitative estimate of drug-likeness (QED) is 0.875. The Morgan fingerprint density at radius 2 is 2.00 bits per heavy atom. The molecule has 2 aromatic rings. The molecule has 0 fully saturated rings. The van der Waals surface area contributed by atoms with E-state index in [0.717, 1.165) is 15.5 Å². The molecule has 19 heavy (non-hydrogen) atoms. The number of thiophene rings is 2. The van der Waals surface area contributed by atoms with Crippen molar-refractivity contribution in [3.63, 3.8) is 0 Å². The first-order valence-electron chi connectivity index (χ1n) is 5.70. The number of nitrogens with zero attached hydrogens (tertiary/aromatic N) is 2. The molecule has 2 aromatic heterocycles. The fourth-order valence-electron chi connectivity index (χ4n) is 2.08. The lowest BCUT2D eigenvalue weighted by Gasteiger charge is -2.19. The van der Waals surface area contributed by atoms with E-state index in [1.165, 1.54) is 10.7 Å². The molecule has 0 unspecified atom stereocenters. The van der Waals surface area contributed by atoms with Gasteiger partial charge in [-0.2, -0.15) is 9.52 Å².